The molecule has 0 spiro atoms. The number of rotatable bonds is 8. The van der Waals surface area contributed by atoms with Crippen LogP contribution in [-0.4, -0.2) is 32.7 Å². The van der Waals surface area contributed by atoms with Crippen molar-refractivity contribution >= 4 is 21.6 Å². The van der Waals surface area contributed by atoms with Crippen molar-refractivity contribution in [2.45, 2.75) is 58.1 Å². The molecule has 1 N–H and O–H groups in total. The average Bonchev–Trinajstić information content (AvgIpc) is 2.69. The maximum absolute atomic E-state index is 12.7. The minimum Gasteiger partial charge on any atom is -0.487 e. The molecule has 1 atom stereocenters. The fraction of sp³-hybridized carbons (Fsp3) is 0.458. The second-order valence-electron chi connectivity index (χ2n) is 8.68. The first-order valence-corrected chi connectivity index (χ1v) is 12.6. The third-order valence-electron chi connectivity index (χ3n) is 5.51. The predicted octanol–water partition coefficient (Wildman–Crippen LogP) is 4.21. The normalized spacial score (nSPS) is 17.4. The number of hydrogen-bond acceptors (Lipinski definition) is 4. The standard InChI is InChI=1S/C24H32N2O4S/c1-5-18-12-14-19(15-13-18)26(31(4,28)29)16-8-11-23(27)25-21-17-24(2,3)30-22-10-7-6-9-20(21)22/h6-7,9-10,12-15,21H,5,8,11,16-17H2,1-4H3,(H,25,27)/t21-/m1/s1. The fourth-order valence-electron chi connectivity index (χ4n) is 3.97. The number of carbonyl (C=O) groups is 1. The summed E-state index contributed by atoms with van der Waals surface area (Å²) in [5.74, 6) is 0.704. The zero-order chi connectivity index (χ0) is 22.6. The molecule has 0 radical (unpaired) electrons. The summed E-state index contributed by atoms with van der Waals surface area (Å²) in [6.07, 6.45) is 3.45. The number of sulfonamides is 1. The van der Waals surface area contributed by atoms with Crippen LogP contribution in [0, 0.1) is 0 Å². The van der Waals surface area contributed by atoms with E-state index in [1.807, 2.05) is 62.4 Å². The van der Waals surface area contributed by atoms with Gasteiger partial charge in [0, 0.05) is 24.9 Å². The molecule has 0 aromatic heterocycles. The Bertz CT molecular complexity index is 1020. The Morgan fingerprint density at radius 2 is 1.84 bits per heavy atom. The van der Waals surface area contributed by atoms with E-state index in [2.05, 4.69) is 12.2 Å². The van der Waals surface area contributed by atoms with Crippen molar-refractivity contribution in [1.82, 2.24) is 5.32 Å². The van der Waals surface area contributed by atoms with Crippen LogP contribution in [0.4, 0.5) is 5.69 Å². The van der Waals surface area contributed by atoms with Crippen LogP contribution in [0.15, 0.2) is 48.5 Å². The highest BCUT2D eigenvalue weighted by Crippen LogP contribution is 2.39. The van der Waals surface area contributed by atoms with E-state index in [-0.39, 0.29) is 30.5 Å². The molecule has 0 bridgehead atoms. The van der Waals surface area contributed by atoms with Gasteiger partial charge in [0.25, 0.3) is 0 Å². The molecule has 1 aliphatic heterocycles. The van der Waals surface area contributed by atoms with E-state index in [1.54, 1.807) is 0 Å². The quantitative estimate of drug-likeness (QED) is 0.662. The van der Waals surface area contributed by atoms with E-state index in [4.69, 9.17) is 4.74 Å². The highest BCUT2D eigenvalue weighted by atomic mass is 32.2. The van der Waals surface area contributed by atoms with Crippen LogP contribution in [0.2, 0.25) is 0 Å². The number of nitrogens with one attached hydrogen (secondary N) is 1. The molecule has 0 saturated carbocycles. The van der Waals surface area contributed by atoms with E-state index < -0.39 is 10.0 Å². The summed E-state index contributed by atoms with van der Waals surface area (Å²) < 4.78 is 32.0. The van der Waals surface area contributed by atoms with Gasteiger partial charge < -0.3 is 10.1 Å². The molecule has 2 aromatic carbocycles. The summed E-state index contributed by atoms with van der Waals surface area (Å²) in [6.45, 7) is 6.33. The third-order valence-corrected chi connectivity index (χ3v) is 6.70. The number of benzene rings is 2. The van der Waals surface area contributed by atoms with Crippen molar-refractivity contribution < 1.29 is 17.9 Å². The number of carbonyl (C=O) groups excluding carboxylic acids is 1. The molecule has 0 saturated heterocycles. The van der Waals surface area contributed by atoms with Gasteiger partial charge in [0.05, 0.1) is 18.0 Å². The Kier molecular flexibility index (Phi) is 6.94. The van der Waals surface area contributed by atoms with E-state index in [9.17, 15) is 13.2 Å². The number of hydrogen-bond donors (Lipinski definition) is 1. The summed E-state index contributed by atoms with van der Waals surface area (Å²) in [6, 6.07) is 15.1. The Morgan fingerprint density at radius 3 is 2.48 bits per heavy atom. The maximum atomic E-state index is 12.7. The first-order chi connectivity index (χ1) is 14.6. The molecule has 1 aliphatic rings. The molecule has 3 rings (SSSR count). The molecule has 168 valence electrons. The van der Waals surface area contributed by atoms with Gasteiger partial charge in [-0.25, -0.2) is 8.42 Å². The minimum atomic E-state index is -3.43. The SMILES string of the molecule is CCc1ccc(N(CCCC(=O)N[C@@H]2CC(C)(C)Oc3ccccc32)S(C)(=O)=O)cc1. The summed E-state index contributed by atoms with van der Waals surface area (Å²) in [5, 5.41) is 3.11. The van der Waals surface area contributed by atoms with Crippen LogP contribution in [0.1, 0.15) is 57.2 Å². The Balaban J connectivity index is 1.62. The average molecular weight is 445 g/mol. The maximum Gasteiger partial charge on any atom is 0.232 e. The van der Waals surface area contributed by atoms with Crippen molar-refractivity contribution in [1.29, 1.82) is 0 Å². The summed E-state index contributed by atoms with van der Waals surface area (Å²) in [4.78, 5) is 12.7. The van der Waals surface area contributed by atoms with Crippen molar-refractivity contribution in [3.63, 3.8) is 0 Å². The van der Waals surface area contributed by atoms with E-state index in [0.29, 0.717) is 18.5 Å². The highest BCUT2D eigenvalue weighted by Gasteiger charge is 2.34. The lowest BCUT2D eigenvalue weighted by molar-refractivity contribution is -0.122. The van der Waals surface area contributed by atoms with Gasteiger partial charge in [-0.1, -0.05) is 37.3 Å². The second kappa shape index (κ2) is 9.30. The Hall–Kier alpha value is -2.54. The Labute approximate surface area is 185 Å². The molecule has 2 aromatic rings. The first kappa shape index (κ1) is 23.1. The highest BCUT2D eigenvalue weighted by molar-refractivity contribution is 7.92. The van der Waals surface area contributed by atoms with Crippen LogP contribution < -0.4 is 14.4 Å². The zero-order valence-electron chi connectivity index (χ0n) is 18.7. The molecule has 1 amide bonds. The van der Waals surface area contributed by atoms with Gasteiger partial charge in [0.15, 0.2) is 0 Å². The molecule has 0 fully saturated rings. The Morgan fingerprint density at radius 1 is 1.16 bits per heavy atom. The smallest absolute Gasteiger partial charge is 0.232 e. The number of amides is 1. The lowest BCUT2D eigenvalue weighted by Gasteiger charge is -2.37. The second-order valence-corrected chi connectivity index (χ2v) is 10.6. The van der Waals surface area contributed by atoms with Crippen molar-refractivity contribution in [3.8, 4) is 5.75 Å². The molecule has 0 aliphatic carbocycles. The van der Waals surface area contributed by atoms with Crippen LogP contribution in [0.3, 0.4) is 0 Å². The summed E-state index contributed by atoms with van der Waals surface area (Å²) in [5.41, 5.74) is 2.38. The van der Waals surface area contributed by atoms with Crippen LogP contribution in [0.5, 0.6) is 5.75 Å². The lowest BCUT2D eigenvalue weighted by Crippen LogP contribution is -2.41. The fourth-order valence-corrected chi connectivity index (χ4v) is 4.93. The van der Waals surface area contributed by atoms with Crippen LogP contribution >= 0.6 is 0 Å². The molecule has 31 heavy (non-hydrogen) atoms. The number of para-hydroxylation sites is 1. The molecule has 1 heterocycles. The van der Waals surface area contributed by atoms with Gasteiger partial charge in [0.2, 0.25) is 15.9 Å². The zero-order valence-corrected chi connectivity index (χ0v) is 19.5. The number of nitrogens with zero attached hydrogens (tertiary/aromatic N) is 1. The number of fused-ring (bicyclic) bond motifs is 1. The number of ether oxygens (including phenoxy) is 1. The predicted molar refractivity (Wildman–Crippen MR) is 124 cm³/mol. The van der Waals surface area contributed by atoms with Crippen LogP contribution in [0.25, 0.3) is 0 Å². The van der Waals surface area contributed by atoms with Crippen molar-refractivity contribution in [3.05, 3.63) is 59.7 Å². The van der Waals surface area contributed by atoms with E-state index in [1.165, 1.54) is 10.6 Å². The topological polar surface area (TPSA) is 75.7 Å². The monoisotopic (exact) mass is 444 g/mol. The molecule has 6 nitrogen and oxygen atoms in total. The van der Waals surface area contributed by atoms with Gasteiger partial charge in [-0.3, -0.25) is 9.10 Å². The summed E-state index contributed by atoms with van der Waals surface area (Å²) in [7, 11) is -3.43. The number of aryl methyl sites for hydroxylation is 1. The molecular formula is C24H32N2O4S. The lowest BCUT2D eigenvalue weighted by atomic mass is 9.89. The van der Waals surface area contributed by atoms with Crippen molar-refractivity contribution in [2.75, 3.05) is 17.1 Å². The van der Waals surface area contributed by atoms with E-state index in [0.717, 1.165) is 23.3 Å². The van der Waals surface area contributed by atoms with Crippen LogP contribution in [-0.2, 0) is 21.2 Å². The molecule has 0 unspecified atom stereocenters. The first-order valence-electron chi connectivity index (χ1n) is 10.7. The van der Waals surface area contributed by atoms with Gasteiger partial charge in [0.1, 0.15) is 11.4 Å². The minimum absolute atomic E-state index is 0.0905. The van der Waals surface area contributed by atoms with Gasteiger partial charge in [-0.15, -0.1) is 0 Å². The van der Waals surface area contributed by atoms with Gasteiger partial charge >= 0.3 is 0 Å². The van der Waals surface area contributed by atoms with Crippen molar-refractivity contribution in [2.24, 2.45) is 0 Å². The van der Waals surface area contributed by atoms with Gasteiger partial charge in [-0.05, 0) is 50.5 Å². The number of anilines is 1. The third kappa shape index (κ3) is 6.00. The summed E-state index contributed by atoms with van der Waals surface area (Å²) >= 11 is 0. The van der Waals surface area contributed by atoms with E-state index >= 15 is 0 Å². The van der Waals surface area contributed by atoms with Gasteiger partial charge in [-0.2, -0.15) is 0 Å². The molecular weight excluding hydrogens is 412 g/mol. The molecule has 7 heteroatoms. The largest absolute Gasteiger partial charge is 0.487 e.